The number of nitrogens with one attached hydrogen (secondary N) is 1. The van der Waals surface area contributed by atoms with Gasteiger partial charge in [-0.1, -0.05) is 139 Å². The molecule has 0 aliphatic rings. The van der Waals surface area contributed by atoms with Crippen molar-refractivity contribution < 1.29 is 4.21 Å². The van der Waals surface area contributed by atoms with E-state index in [0.29, 0.717) is 17.8 Å². The summed E-state index contributed by atoms with van der Waals surface area (Å²) in [4.78, 5) is 0. The smallest absolute Gasteiger partial charge is 0.0976 e. The standard InChI is InChI=1S/C39H50NOPS/c1-27(2)30-24-35(28(3)4)38(36(25-30)29(5)6)34-23-17-16-22-33(34)37(40-43(41)39(7,8)9)26-42(31-18-12-10-13-19-31)32-20-14-11-15-21-32/h10-25,27-29,37,40H,26H2,1-9H3/t37-,43-/m1/s1. The van der Waals surface area contributed by atoms with Gasteiger partial charge in [0.2, 0.25) is 0 Å². The zero-order chi connectivity index (χ0) is 31.3. The van der Waals surface area contributed by atoms with Crippen molar-refractivity contribution in [2.45, 2.75) is 90.9 Å². The minimum atomic E-state index is -1.24. The van der Waals surface area contributed by atoms with Crippen molar-refractivity contribution in [2.24, 2.45) is 0 Å². The minimum Gasteiger partial charge on any atom is -0.242 e. The Kier molecular flexibility index (Phi) is 11.2. The van der Waals surface area contributed by atoms with E-state index in [2.05, 4.69) is 164 Å². The van der Waals surface area contributed by atoms with Crippen LogP contribution in [0.1, 0.15) is 108 Å². The fraction of sp³-hybridized carbons (Fsp3) is 0.385. The fourth-order valence-corrected chi connectivity index (χ4v) is 8.94. The summed E-state index contributed by atoms with van der Waals surface area (Å²) in [6.07, 6.45) is 0.848. The molecule has 43 heavy (non-hydrogen) atoms. The summed E-state index contributed by atoms with van der Waals surface area (Å²) in [5, 5.41) is 2.67. The van der Waals surface area contributed by atoms with Crippen molar-refractivity contribution in [3.63, 3.8) is 0 Å². The number of hydrogen-bond acceptors (Lipinski definition) is 1. The lowest BCUT2D eigenvalue weighted by Gasteiger charge is -2.31. The summed E-state index contributed by atoms with van der Waals surface area (Å²) < 4.78 is 17.1. The topological polar surface area (TPSA) is 29.1 Å². The van der Waals surface area contributed by atoms with Gasteiger partial charge in [0.15, 0.2) is 0 Å². The van der Waals surface area contributed by atoms with E-state index in [0.717, 1.165) is 6.16 Å². The van der Waals surface area contributed by atoms with E-state index in [1.807, 2.05) is 0 Å². The molecular formula is C39H50NOPS. The van der Waals surface area contributed by atoms with Gasteiger partial charge in [-0.05, 0) is 96.6 Å². The van der Waals surface area contributed by atoms with E-state index in [4.69, 9.17) is 0 Å². The van der Waals surface area contributed by atoms with Crippen LogP contribution in [0.4, 0.5) is 0 Å². The van der Waals surface area contributed by atoms with Gasteiger partial charge in [-0.2, -0.15) is 0 Å². The number of benzene rings is 4. The Morgan fingerprint density at radius 1 is 0.651 bits per heavy atom. The van der Waals surface area contributed by atoms with Crippen LogP contribution in [0.25, 0.3) is 11.1 Å². The Balaban J connectivity index is 1.96. The average Bonchev–Trinajstić information content (AvgIpc) is 2.98. The Hall–Kier alpha value is -2.58. The van der Waals surface area contributed by atoms with E-state index in [1.54, 1.807) is 0 Å². The second-order valence-electron chi connectivity index (χ2n) is 13.5. The molecular weight excluding hydrogens is 561 g/mol. The minimum absolute atomic E-state index is 0.104. The Bertz CT molecular complexity index is 1440. The van der Waals surface area contributed by atoms with Crippen LogP contribution in [-0.2, 0) is 11.0 Å². The quantitative estimate of drug-likeness (QED) is 0.168. The van der Waals surface area contributed by atoms with Crippen molar-refractivity contribution in [1.29, 1.82) is 0 Å². The van der Waals surface area contributed by atoms with Gasteiger partial charge in [-0.25, -0.2) is 8.93 Å². The highest BCUT2D eigenvalue weighted by Gasteiger charge is 2.30. The summed E-state index contributed by atoms with van der Waals surface area (Å²) in [5.41, 5.74) is 8.01. The first-order valence-corrected chi connectivity index (χ1v) is 18.4. The molecule has 0 aromatic heterocycles. The molecule has 0 spiro atoms. The lowest BCUT2D eigenvalue weighted by atomic mass is 9.80. The van der Waals surface area contributed by atoms with Gasteiger partial charge in [-0.3, -0.25) is 0 Å². The first-order chi connectivity index (χ1) is 20.4. The second kappa shape index (κ2) is 14.5. The van der Waals surface area contributed by atoms with Gasteiger partial charge in [0.05, 0.1) is 15.7 Å². The molecule has 0 aliphatic carbocycles. The van der Waals surface area contributed by atoms with E-state index < -0.39 is 18.9 Å². The van der Waals surface area contributed by atoms with E-state index in [9.17, 15) is 4.21 Å². The van der Waals surface area contributed by atoms with Crippen LogP contribution in [0.5, 0.6) is 0 Å². The summed E-state index contributed by atoms with van der Waals surface area (Å²) in [7, 11) is -1.95. The third-order valence-electron chi connectivity index (χ3n) is 8.04. The van der Waals surface area contributed by atoms with E-state index in [1.165, 1.54) is 44.0 Å². The van der Waals surface area contributed by atoms with Crippen LogP contribution in [0.15, 0.2) is 97.1 Å². The van der Waals surface area contributed by atoms with Gasteiger partial charge in [0.1, 0.15) is 0 Å². The summed E-state index contributed by atoms with van der Waals surface area (Å²) in [6, 6.07) is 35.4. The summed E-state index contributed by atoms with van der Waals surface area (Å²) in [5.74, 6) is 1.21. The molecule has 2 nitrogen and oxygen atoms in total. The highest BCUT2D eigenvalue weighted by atomic mass is 32.2. The third kappa shape index (κ3) is 8.13. The zero-order valence-corrected chi connectivity index (χ0v) is 29.2. The monoisotopic (exact) mass is 611 g/mol. The molecule has 0 radical (unpaired) electrons. The lowest BCUT2D eigenvalue weighted by Crippen LogP contribution is -2.38. The lowest BCUT2D eigenvalue weighted by molar-refractivity contribution is 0.618. The largest absolute Gasteiger partial charge is 0.242 e. The van der Waals surface area contributed by atoms with Crippen molar-refractivity contribution >= 4 is 29.5 Å². The molecule has 0 unspecified atom stereocenters. The van der Waals surface area contributed by atoms with Crippen LogP contribution in [0.3, 0.4) is 0 Å². The van der Waals surface area contributed by atoms with Crippen molar-refractivity contribution in [3.8, 4) is 11.1 Å². The maximum atomic E-state index is 13.8. The SMILES string of the molecule is CC(C)c1cc(C(C)C)c(-c2ccccc2[C@@H](CP(c2ccccc2)c2ccccc2)N[S@](=O)C(C)(C)C)c(C(C)C)c1. The fourth-order valence-electron chi connectivity index (χ4n) is 5.56. The predicted octanol–water partition coefficient (Wildman–Crippen LogP) is 9.95. The molecule has 4 aromatic carbocycles. The van der Waals surface area contributed by atoms with Crippen molar-refractivity contribution in [2.75, 3.05) is 6.16 Å². The highest BCUT2D eigenvalue weighted by molar-refractivity contribution is 7.84. The first kappa shape index (κ1) is 33.3. The Labute approximate surface area is 265 Å². The molecule has 4 rings (SSSR count). The molecule has 0 saturated heterocycles. The second-order valence-corrected chi connectivity index (χ2v) is 17.7. The third-order valence-corrected chi connectivity index (χ3v) is 12.2. The van der Waals surface area contributed by atoms with Crippen LogP contribution in [0, 0.1) is 0 Å². The maximum absolute atomic E-state index is 13.8. The molecule has 228 valence electrons. The van der Waals surface area contributed by atoms with Crippen LogP contribution in [0.2, 0.25) is 0 Å². The van der Waals surface area contributed by atoms with Gasteiger partial charge >= 0.3 is 0 Å². The van der Waals surface area contributed by atoms with Crippen molar-refractivity contribution in [3.05, 3.63) is 119 Å². The molecule has 0 fully saturated rings. The van der Waals surface area contributed by atoms with Gasteiger partial charge in [-0.15, -0.1) is 0 Å². The molecule has 0 heterocycles. The van der Waals surface area contributed by atoms with Crippen LogP contribution >= 0.6 is 7.92 Å². The molecule has 2 atom stereocenters. The Morgan fingerprint density at radius 3 is 1.56 bits per heavy atom. The van der Waals surface area contributed by atoms with Crippen molar-refractivity contribution in [1.82, 2.24) is 4.72 Å². The van der Waals surface area contributed by atoms with Crippen LogP contribution < -0.4 is 15.3 Å². The number of rotatable bonds is 11. The van der Waals surface area contributed by atoms with E-state index in [-0.39, 0.29) is 10.8 Å². The van der Waals surface area contributed by atoms with Crippen LogP contribution in [-0.4, -0.2) is 15.1 Å². The molecule has 0 saturated carbocycles. The molecule has 0 aliphatic heterocycles. The Morgan fingerprint density at radius 2 is 1.12 bits per heavy atom. The molecule has 0 bridgehead atoms. The van der Waals surface area contributed by atoms with Gasteiger partial charge < -0.3 is 0 Å². The van der Waals surface area contributed by atoms with Gasteiger partial charge in [0, 0.05) is 6.04 Å². The van der Waals surface area contributed by atoms with Gasteiger partial charge in [0.25, 0.3) is 0 Å². The zero-order valence-electron chi connectivity index (χ0n) is 27.5. The molecule has 1 N–H and O–H groups in total. The molecule has 4 aromatic rings. The maximum Gasteiger partial charge on any atom is 0.0976 e. The summed E-state index contributed by atoms with van der Waals surface area (Å²) >= 11 is 0. The molecule has 0 amide bonds. The number of hydrogen-bond donors (Lipinski definition) is 1. The van der Waals surface area contributed by atoms with E-state index >= 15 is 0 Å². The highest BCUT2D eigenvalue weighted by Crippen LogP contribution is 2.44. The average molecular weight is 612 g/mol. The molecule has 4 heteroatoms. The first-order valence-electron chi connectivity index (χ1n) is 15.7. The normalized spacial score (nSPS) is 13.7. The predicted molar refractivity (Wildman–Crippen MR) is 192 cm³/mol. The summed E-state index contributed by atoms with van der Waals surface area (Å²) in [6.45, 7) is 20.0.